The fourth-order valence-corrected chi connectivity index (χ4v) is 2.37. The summed E-state index contributed by atoms with van der Waals surface area (Å²) in [6.07, 6.45) is -0.142. The van der Waals surface area contributed by atoms with E-state index in [9.17, 15) is 10.1 Å². The molecule has 1 aliphatic heterocycles. The Kier molecular flexibility index (Phi) is 4.20. The predicted molar refractivity (Wildman–Crippen MR) is 77.3 cm³/mol. The number of aromatic nitrogens is 2. The van der Waals surface area contributed by atoms with Crippen LogP contribution in [0.4, 0.5) is 11.5 Å². The number of rotatable bonds is 5. The third-order valence-corrected chi connectivity index (χ3v) is 3.34. The van der Waals surface area contributed by atoms with E-state index in [0.29, 0.717) is 24.7 Å². The molecule has 0 radical (unpaired) electrons. The quantitative estimate of drug-likeness (QED) is 0.660. The first-order valence-corrected chi connectivity index (χ1v) is 6.98. The van der Waals surface area contributed by atoms with Gasteiger partial charge in [0, 0.05) is 19.5 Å². The molecule has 2 heterocycles. The number of nitro groups is 1. The summed E-state index contributed by atoms with van der Waals surface area (Å²) in [5, 5.41) is 18.6. The van der Waals surface area contributed by atoms with E-state index in [2.05, 4.69) is 10.4 Å². The van der Waals surface area contributed by atoms with E-state index >= 15 is 0 Å². The van der Waals surface area contributed by atoms with E-state index < -0.39 is 5.79 Å². The van der Waals surface area contributed by atoms with Crippen LogP contribution >= 0.6 is 0 Å². The first-order chi connectivity index (χ1) is 9.71. The van der Waals surface area contributed by atoms with Crippen molar-refractivity contribution < 1.29 is 14.4 Å². The van der Waals surface area contributed by atoms with Gasteiger partial charge in [-0.05, 0) is 13.8 Å². The number of hydrogen-bond donors (Lipinski definition) is 1. The monoisotopic (exact) mass is 298 g/mol. The number of hydrogen-bond acceptors (Lipinski definition) is 6. The van der Waals surface area contributed by atoms with E-state index in [1.54, 1.807) is 7.05 Å². The van der Waals surface area contributed by atoms with Crippen LogP contribution in [0.25, 0.3) is 0 Å². The number of aryl methyl sites for hydroxylation is 1. The summed E-state index contributed by atoms with van der Waals surface area (Å²) in [7, 11) is 1.69. The second kappa shape index (κ2) is 5.61. The van der Waals surface area contributed by atoms with Crippen molar-refractivity contribution in [3.05, 3.63) is 15.8 Å². The molecular formula is C13H22N4O4. The normalized spacial score (nSPS) is 21.0. The fourth-order valence-electron chi connectivity index (χ4n) is 2.37. The fraction of sp³-hybridized carbons (Fsp3) is 0.769. The smallest absolute Gasteiger partial charge is 0.334 e. The largest absolute Gasteiger partial charge is 0.362 e. The highest BCUT2D eigenvalue weighted by Gasteiger charge is 2.34. The molecule has 0 aliphatic carbocycles. The number of nitrogens with zero attached hydrogens (tertiary/aromatic N) is 3. The maximum atomic E-state index is 11.3. The van der Waals surface area contributed by atoms with Gasteiger partial charge in [-0.1, -0.05) is 13.8 Å². The highest BCUT2D eigenvalue weighted by atomic mass is 16.7. The van der Waals surface area contributed by atoms with E-state index in [1.807, 2.05) is 27.7 Å². The summed E-state index contributed by atoms with van der Waals surface area (Å²) in [5.74, 6) is -0.220. The lowest BCUT2D eigenvalue weighted by Crippen LogP contribution is -2.26. The van der Waals surface area contributed by atoms with Gasteiger partial charge in [-0.3, -0.25) is 10.1 Å². The summed E-state index contributed by atoms with van der Waals surface area (Å²) < 4.78 is 12.7. The van der Waals surface area contributed by atoms with Crippen molar-refractivity contribution in [3.63, 3.8) is 0 Å². The Hall–Kier alpha value is -1.67. The average molecular weight is 298 g/mol. The summed E-state index contributed by atoms with van der Waals surface area (Å²) in [6.45, 7) is 8.35. The number of ether oxygens (including phenoxy) is 2. The molecule has 1 fully saturated rings. The third-order valence-electron chi connectivity index (χ3n) is 3.34. The molecule has 0 amide bonds. The van der Waals surface area contributed by atoms with Crippen molar-refractivity contribution in [3.8, 4) is 0 Å². The van der Waals surface area contributed by atoms with Crippen molar-refractivity contribution in [2.45, 2.75) is 45.5 Å². The van der Waals surface area contributed by atoms with Crippen molar-refractivity contribution in [2.24, 2.45) is 7.05 Å². The van der Waals surface area contributed by atoms with E-state index in [-0.39, 0.29) is 22.6 Å². The Morgan fingerprint density at radius 1 is 1.57 bits per heavy atom. The van der Waals surface area contributed by atoms with Gasteiger partial charge in [-0.25, -0.2) is 4.68 Å². The number of nitrogens with one attached hydrogen (secondary N) is 1. The minimum absolute atomic E-state index is 0.0165. The van der Waals surface area contributed by atoms with Crippen molar-refractivity contribution >= 4 is 11.5 Å². The first-order valence-electron chi connectivity index (χ1n) is 6.98. The van der Waals surface area contributed by atoms with E-state index in [1.165, 1.54) is 4.68 Å². The van der Waals surface area contributed by atoms with Crippen LogP contribution in [0.3, 0.4) is 0 Å². The van der Waals surface area contributed by atoms with Crippen LogP contribution in [0.1, 0.15) is 39.3 Å². The van der Waals surface area contributed by atoms with Gasteiger partial charge in [-0.2, -0.15) is 5.10 Å². The van der Waals surface area contributed by atoms with Crippen LogP contribution in [0.15, 0.2) is 0 Å². The van der Waals surface area contributed by atoms with Gasteiger partial charge in [0.1, 0.15) is 11.8 Å². The average Bonchev–Trinajstić information content (AvgIpc) is 2.87. The Morgan fingerprint density at radius 2 is 2.24 bits per heavy atom. The molecule has 1 saturated heterocycles. The zero-order valence-corrected chi connectivity index (χ0v) is 13.0. The van der Waals surface area contributed by atoms with Crippen LogP contribution in [-0.2, 0) is 16.5 Å². The minimum Gasteiger partial charge on any atom is -0.362 e. The van der Waals surface area contributed by atoms with Crippen molar-refractivity contribution in [1.82, 2.24) is 9.78 Å². The topological polar surface area (TPSA) is 91.5 Å². The van der Waals surface area contributed by atoms with Crippen molar-refractivity contribution in [1.29, 1.82) is 0 Å². The highest BCUT2D eigenvalue weighted by Crippen LogP contribution is 2.33. The Morgan fingerprint density at radius 3 is 2.71 bits per heavy atom. The zero-order chi connectivity index (χ0) is 15.8. The van der Waals surface area contributed by atoms with Crippen LogP contribution in [-0.4, -0.2) is 39.7 Å². The summed E-state index contributed by atoms with van der Waals surface area (Å²) in [6, 6.07) is 0. The Balaban J connectivity index is 2.15. The molecule has 1 unspecified atom stereocenters. The van der Waals surface area contributed by atoms with Crippen LogP contribution in [0.2, 0.25) is 0 Å². The SMILES string of the molecule is CC(C)c1nn(C)c(NCC2COC(C)(C)O2)c1[N+](=O)[O-]. The van der Waals surface area contributed by atoms with E-state index in [4.69, 9.17) is 9.47 Å². The lowest BCUT2D eigenvalue weighted by atomic mass is 10.1. The zero-order valence-electron chi connectivity index (χ0n) is 13.0. The lowest BCUT2D eigenvalue weighted by molar-refractivity contribution is -0.384. The summed E-state index contributed by atoms with van der Waals surface area (Å²) >= 11 is 0. The molecule has 1 aromatic heterocycles. The third kappa shape index (κ3) is 3.33. The van der Waals surface area contributed by atoms with Gasteiger partial charge in [0.05, 0.1) is 11.5 Å². The predicted octanol–water partition coefficient (Wildman–Crippen LogP) is 2.02. The molecule has 0 saturated carbocycles. The van der Waals surface area contributed by atoms with Crippen LogP contribution in [0, 0.1) is 10.1 Å². The Bertz CT molecular complexity index is 539. The molecule has 1 N–H and O–H groups in total. The van der Waals surface area contributed by atoms with Gasteiger partial charge in [-0.15, -0.1) is 0 Å². The summed E-state index contributed by atoms with van der Waals surface area (Å²) in [4.78, 5) is 10.9. The van der Waals surface area contributed by atoms with Crippen LogP contribution in [0.5, 0.6) is 0 Å². The molecule has 0 aromatic carbocycles. The van der Waals surface area contributed by atoms with Gasteiger partial charge < -0.3 is 14.8 Å². The maximum absolute atomic E-state index is 11.3. The molecule has 1 atom stereocenters. The molecule has 2 rings (SSSR count). The minimum atomic E-state index is -0.603. The van der Waals surface area contributed by atoms with Crippen LogP contribution < -0.4 is 5.32 Å². The molecule has 21 heavy (non-hydrogen) atoms. The highest BCUT2D eigenvalue weighted by molar-refractivity contribution is 5.60. The molecular weight excluding hydrogens is 276 g/mol. The number of anilines is 1. The molecule has 0 spiro atoms. The van der Waals surface area contributed by atoms with Gasteiger partial charge in [0.25, 0.3) is 0 Å². The molecule has 8 heteroatoms. The molecule has 1 aromatic rings. The molecule has 8 nitrogen and oxygen atoms in total. The maximum Gasteiger partial charge on any atom is 0.334 e. The molecule has 118 valence electrons. The van der Waals surface area contributed by atoms with Gasteiger partial charge >= 0.3 is 5.69 Å². The lowest BCUT2D eigenvalue weighted by Gasteiger charge is -2.17. The van der Waals surface area contributed by atoms with Gasteiger partial charge in [0.2, 0.25) is 5.82 Å². The second-order valence-corrected chi connectivity index (χ2v) is 5.95. The summed E-state index contributed by atoms with van der Waals surface area (Å²) in [5.41, 5.74) is 0.514. The van der Waals surface area contributed by atoms with E-state index in [0.717, 1.165) is 0 Å². The molecule has 1 aliphatic rings. The van der Waals surface area contributed by atoms with Crippen molar-refractivity contribution in [2.75, 3.05) is 18.5 Å². The first kappa shape index (κ1) is 15.7. The Labute approximate surface area is 123 Å². The standard InChI is InChI=1S/C13H22N4O4/c1-8(2)10-11(17(18)19)12(16(5)15-10)14-6-9-7-20-13(3,4)21-9/h8-9,14H,6-7H2,1-5H3. The molecule has 0 bridgehead atoms. The van der Waals surface area contributed by atoms with Gasteiger partial charge in [0.15, 0.2) is 5.79 Å². The second-order valence-electron chi connectivity index (χ2n) is 5.95.